The minimum atomic E-state index is -0.700. The summed E-state index contributed by atoms with van der Waals surface area (Å²) in [6.45, 7) is 0. The third kappa shape index (κ3) is 2.24. The molecule has 1 aromatic carbocycles. The average molecular weight is 253 g/mol. The van der Waals surface area contributed by atoms with E-state index in [0.29, 0.717) is 0 Å². The minimum absolute atomic E-state index is 0.617. The minimum Gasteiger partial charge on any atom is -0.481 e. The second-order valence-electron chi connectivity index (χ2n) is 5.12. The Morgan fingerprint density at radius 2 is 1.89 bits per heavy atom. The van der Waals surface area contributed by atoms with Crippen LogP contribution in [-0.4, -0.2) is 16.1 Å². The lowest BCUT2D eigenvalue weighted by Crippen LogP contribution is -2.19. The van der Waals surface area contributed by atoms with Crippen LogP contribution in [0.15, 0.2) is 48.8 Å². The predicted molar refractivity (Wildman–Crippen MR) is 72.0 cm³/mol. The Morgan fingerprint density at radius 3 is 2.53 bits per heavy atom. The molecule has 2 aromatic rings. The molecule has 3 rings (SSSR count). The number of hydrogen-bond acceptors (Lipinski definition) is 2. The summed E-state index contributed by atoms with van der Waals surface area (Å²) in [5.41, 5.74) is 2.66. The first-order valence-corrected chi connectivity index (χ1v) is 6.42. The first kappa shape index (κ1) is 11.9. The summed E-state index contributed by atoms with van der Waals surface area (Å²) in [6, 6.07) is 11.9. The van der Waals surface area contributed by atoms with Gasteiger partial charge < -0.3 is 5.11 Å². The number of benzene rings is 1. The number of rotatable bonds is 4. The van der Waals surface area contributed by atoms with E-state index in [-0.39, 0.29) is 0 Å². The van der Waals surface area contributed by atoms with E-state index in [4.69, 9.17) is 0 Å². The van der Waals surface area contributed by atoms with Gasteiger partial charge in [-0.1, -0.05) is 24.3 Å². The molecule has 0 saturated heterocycles. The van der Waals surface area contributed by atoms with Gasteiger partial charge in [-0.25, -0.2) is 0 Å². The van der Waals surface area contributed by atoms with E-state index in [0.717, 1.165) is 30.4 Å². The normalized spacial score (nSPS) is 16.0. The van der Waals surface area contributed by atoms with Crippen molar-refractivity contribution in [2.24, 2.45) is 0 Å². The second-order valence-corrected chi connectivity index (χ2v) is 5.12. The number of carboxylic acids is 1. The third-order valence-electron chi connectivity index (χ3n) is 3.80. The topological polar surface area (TPSA) is 50.2 Å². The second kappa shape index (κ2) is 4.50. The van der Waals surface area contributed by atoms with Crippen molar-refractivity contribution in [3.8, 4) is 0 Å². The van der Waals surface area contributed by atoms with E-state index in [1.54, 1.807) is 12.4 Å². The van der Waals surface area contributed by atoms with E-state index < -0.39 is 11.4 Å². The van der Waals surface area contributed by atoms with Crippen LogP contribution >= 0.6 is 0 Å². The van der Waals surface area contributed by atoms with Crippen LogP contribution in [0.3, 0.4) is 0 Å². The van der Waals surface area contributed by atoms with E-state index >= 15 is 0 Å². The Hall–Kier alpha value is -2.16. The zero-order chi connectivity index (χ0) is 13.3. The van der Waals surface area contributed by atoms with Crippen molar-refractivity contribution < 1.29 is 9.90 Å². The zero-order valence-corrected chi connectivity index (χ0v) is 10.5. The van der Waals surface area contributed by atoms with Gasteiger partial charge in [-0.05, 0) is 48.1 Å². The van der Waals surface area contributed by atoms with E-state index in [2.05, 4.69) is 4.98 Å². The van der Waals surface area contributed by atoms with Crippen molar-refractivity contribution in [1.29, 1.82) is 0 Å². The predicted octanol–water partition coefficient (Wildman–Crippen LogP) is 2.79. The van der Waals surface area contributed by atoms with Gasteiger partial charge in [-0.2, -0.15) is 0 Å². The number of nitrogens with zero attached hydrogens (tertiary/aromatic N) is 1. The molecule has 1 N–H and O–H groups in total. The number of aromatic nitrogens is 1. The molecule has 3 heteroatoms. The molecule has 3 nitrogen and oxygen atoms in total. The molecular formula is C16H15NO2. The van der Waals surface area contributed by atoms with Crippen molar-refractivity contribution in [2.75, 3.05) is 0 Å². The molecule has 1 aromatic heterocycles. The SMILES string of the molecule is O=C(O)C1(c2cccc(Cc3ccncc3)c2)CC1. The highest BCUT2D eigenvalue weighted by atomic mass is 16.4. The molecule has 96 valence electrons. The maximum absolute atomic E-state index is 11.3. The van der Waals surface area contributed by atoms with E-state index in [1.165, 1.54) is 5.56 Å². The smallest absolute Gasteiger partial charge is 0.314 e. The lowest BCUT2D eigenvalue weighted by molar-refractivity contribution is -0.140. The molecule has 0 aliphatic heterocycles. The molecular weight excluding hydrogens is 238 g/mol. The molecule has 0 bridgehead atoms. The summed E-state index contributed by atoms with van der Waals surface area (Å²) in [4.78, 5) is 15.3. The van der Waals surface area contributed by atoms with Crippen LogP contribution in [0.25, 0.3) is 0 Å². The van der Waals surface area contributed by atoms with Crippen LogP contribution in [0.1, 0.15) is 29.5 Å². The van der Waals surface area contributed by atoms with E-state index in [1.807, 2.05) is 36.4 Å². The molecule has 0 radical (unpaired) electrons. The fraction of sp³-hybridized carbons (Fsp3) is 0.250. The Morgan fingerprint density at radius 1 is 1.16 bits per heavy atom. The number of aliphatic carboxylic acids is 1. The van der Waals surface area contributed by atoms with Gasteiger partial charge in [-0.15, -0.1) is 0 Å². The molecule has 0 unspecified atom stereocenters. The van der Waals surface area contributed by atoms with E-state index in [9.17, 15) is 9.90 Å². The monoisotopic (exact) mass is 253 g/mol. The largest absolute Gasteiger partial charge is 0.481 e. The van der Waals surface area contributed by atoms with Crippen LogP contribution in [0.4, 0.5) is 0 Å². The van der Waals surface area contributed by atoms with Gasteiger partial charge in [0.25, 0.3) is 0 Å². The van der Waals surface area contributed by atoms with Gasteiger partial charge >= 0.3 is 5.97 Å². The van der Waals surface area contributed by atoms with Gasteiger partial charge in [0, 0.05) is 12.4 Å². The lowest BCUT2D eigenvalue weighted by Gasteiger charge is -2.11. The molecule has 0 atom stereocenters. The molecule has 1 saturated carbocycles. The summed E-state index contributed by atoms with van der Waals surface area (Å²) in [5.74, 6) is -0.700. The number of hydrogen-bond donors (Lipinski definition) is 1. The van der Waals surface area contributed by atoms with Crippen LogP contribution < -0.4 is 0 Å². The summed E-state index contributed by atoms with van der Waals surface area (Å²) in [7, 11) is 0. The highest BCUT2D eigenvalue weighted by Gasteiger charge is 2.51. The fourth-order valence-corrected chi connectivity index (χ4v) is 2.47. The quantitative estimate of drug-likeness (QED) is 0.911. The summed E-state index contributed by atoms with van der Waals surface area (Å²) < 4.78 is 0. The maximum atomic E-state index is 11.3. The number of carbonyl (C=O) groups is 1. The van der Waals surface area contributed by atoms with Crippen molar-refractivity contribution in [3.63, 3.8) is 0 Å². The van der Waals surface area contributed by atoms with Crippen molar-refractivity contribution >= 4 is 5.97 Å². The van der Waals surface area contributed by atoms with Gasteiger partial charge in [-0.3, -0.25) is 9.78 Å². The summed E-state index contributed by atoms with van der Waals surface area (Å²) in [5, 5.41) is 9.33. The van der Waals surface area contributed by atoms with Crippen molar-refractivity contribution in [3.05, 3.63) is 65.5 Å². The average Bonchev–Trinajstić information content (AvgIpc) is 3.22. The Balaban J connectivity index is 1.87. The number of pyridine rings is 1. The van der Waals surface area contributed by atoms with Crippen LogP contribution in [-0.2, 0) is 16.6 Å². The molecule has 19 heavy (non-hydrogen) atoms. The maximum Gasteiger partial charge on any atom is 0.314 e. The van der Waals surface area contributed by atoms with Gasteiger partial charge in [0.05, 0.1) is 5.41 Å². The standard InChI is InChI=1S/C16H15NO2/c18-15(19)16(6-7-16)14-3-1-2-13(11-14)10-12-4-8-17-9-5-12/h1-5,8-9,11H,6-7,10H2,(H,18,19). The van der Waals surface area contributed by atoms with Crippen LogP contribution in [0.2, 0.25) is 0 Å². The van der Waals surface area contributed by atoms with Crippen molar-refractivity contribution in [2.45, 2.75) is 24.7 Å². The van der Waals surface area contributed by atoms with Gasteiger partial charge in [0.1, 0.15) is 0 Å². The Kier molecular flexibility index (Phi) is 2.82. The van der Waals surface area contributed by atoms with Crippen LogP contribution in [0, 0.1) is 0 Å². The molecule has 1 aliphatic carbocycles. The first-order chi connectivity index (χ1) is 9.21. The third-order valence-corrected chi connectivity index (χ3v) is 3.80. The molecule has 0 amide bonds. The van der Waals surface area contributed by atoms with Crippen molar-refractivity contribution in [1.82, 2.24) is 4.98 Å². The van der Waals surface area contributed by atoms with Gasteiger partial charge in [0.15, 0.2) is 0 Å². The van der Waals surface area contributed by atoms with Crippen LogP contribution in [0.5, 0.6) is 0 Å². The summed E-state index contributed by atoms with van der Waals surface area (Å²) >= 11 is 0. The fourth-order valence-electron chi connectivity index (χ4n) is 2.47. The Bertz CT molecular complexity index is 603. The molecule has 0 spiro atoms. The highest BCUT2D eigenvalue weighted by molar-refractivity contribution is 5.84. The molecule has 1 fully saturated rings. The molecule has 1 aliphatic rings. The first-order valence-electron chi connectivity index (χ1n) is 6.42. The zero-order valence-electron chi connectivity index (χ0n) is 10.5. The number of carboxylic acid groups (broad SMARTS) is 1. The Labute approximate surface area is 111 Å². The molecule has 1 heterocycles. The summed E-state index contributed by atoms with van der Waals surface area (Å²) in [6.07, 6.45) is 5.87. The van der Waals surface area contributed by atoms with Gasteiger partial charge in [0.2, 0.25) is 0 Å². The lowest BCUT2D eigenvalue weighted by atomic mass is 9.93. The highest BCUT2D eigenvalue weighted by Crippen LogP contribution is 2.48.